The van der Waals surface area contributed by atoms with Crippen molar-refractivity contribution in [3.8, 4) is 0 Å². The van der Waals surface area contributed by atoms with Crippen molar-refractivity contribution in [2.24, 2.45) is 0 Å². The molecule has 2 unspecified atom stereocenters. The van der Waals surface area contributed by atoms with E-state index >= 15 is 0 Å². The summed E-state index contributed by atoms with van der Waals surface area (Å²) in [4.78, 5) is 38.3. The van der Waals surface area contributed by atoms with Crippen LogP contribution in [0.25, 0.3) is 0 Å². The van der Waals surface area contributed by atoms with Gasteiger partial charge in [-0.05, 0) is 31.7 Å². The third-order valence-corrected chi connectivity index (χ3v) is 6.15. The minimum absolute atomic E-state index is 0.0708. The Morgan fingerprint density at radius 3 is 2.69 bits per heavy atom. The lowest BCUT2D eigenvalue weighted by Crippen LogP contribution is -2.41. The molecule has 4 rings (SSSR count). The number of benzene rings is 1. The maximum absolute atomic E-state index is 13.3. The van der Waals surface area contributed by atoms with Gasteiger partial charge in [0, 0.05) is 44.7 Å². The number of amides is 2. The zero-order chi connectivity index (χ0) is 20.4. The molecular weight excluding hydrogens is 364 g/mol. The first-order chi connectivity index (χ1) is 14.0. The number of carbonyl (C=O) groups is 2. The van der Waals surface area contributed by atoms with Crippen LogP contribution in [0.5, 0.6) is 0 Å². The molecular formula is C23H28N4O2. The highest BCUT2D eigenvalue weighted by atomic mass is 16.2. The Balaban J connectivity index is 1.56. The fourth-order valence-electron chi connectivity index (χ4n) is 4.36. The number of rotatable bonds is 3. The van der Waals surface area contributed by atoms with Crippen LogP contribution in [0.2, 0.25) is 0 Å². The van der Waals surface area contributed by atoms with Crippen LogP contribution < -0.4 is 0 Å². The molecule has 6 heteroatoms. The van der Waals surface area contributed by atoms with E-state index in [0.717, 1.165) is 54.9 Å². The Morgan fingerprint density at radius 2 is 1.93 bits per heavy atom. The summed E-state index contributed by atoms with van der Waals surface area (Å²) >= 11 is 0. The zero-order valence-electron chi connectivity index (χ0n) is 17.2. The van der Waals surface area contributed by atoms with Gasteiger partial charge < -0.3 is 9.80 Å². The standard InChI is InChI=1S/C23H28N4O2/c1-16(18-8-4-3-5-9-18)23(29)27-12-7-6-10-21(27)22-24-14-19-15-26(17(2)28)13-11-20(19)25-22/h3-5,8-9,14,16,21H,6-7,10-13,15H2,1-2H3. The predicted molar refractivity (Wildman–Crippen MR) is 110 cm³/mol. The molecule has 0 N–H and O–H groups in total. The van der Waals surface area contributed by atoms with Gasteiger partial charge in [0.05, 0.1) is 17.7 Å². The lowest BCUT2D eigenvalue weighted by atomic mass is 9.95. The molecule has 2 aromatic rings. The van der Waals surface area contributed by atoms with E-state index in [9.17, 15) is 9.59 Å². The van der Waals surface area contributed by atoms with E-state index in [0.29, 0.717) is 13.1 Å². The quantitative estimate of drug-likeness (QED) is 0.804. The number of carbonyl (C=O) groups excluding carboxylic acids is 2. The fourth-order valence-corrected chi connectivity index (χ4v) is 4.36. The van der Waals surface area contributed by atoms with Gasteiger partial charge in [-0.15, -0.1) is 0 Å². The van der Waals surface area contributed by atoms with E-state index in [1.807, 2.05) is 53.3 Å². The van der Waals surface area contributed by atoms with Crippen molar-refractivity contribution in [1.29, 1.82) is 0 Å². The lowest BCUT2D eigenvalue weighted by Gasteiger charge is -2.37. The van der Waals surface area contributed by atoms with Crippen molar-refractivity contribution in [3.63, 3.8) is 0 Å². The molecule has 2 aliphatic heterocycles. The minimum atomic E-state index is -0.182. The van der Waals surface area contributed by atoms with Crippen LogP contribution in [-0.4, -0.2) is 44.7 Å². The van der Waals surface area contributed by atoms with E-state index in [-0.39, 0.29) is 23.8 Å². The SMILES string of the molecule is CC(=O)N1CCc2nc(C3CCCCN3C(=O)C(C)c3ccccc3)ncc2C1. The van der Waals surface area contributed by atoms with E-state index < -0.39 is 0 Å². The fraction of sp³-hybridized carbons (Fsp3) is 0.478. The molecule has 1 saturated heterocycles. The maximum atomic E-state index is 13.3. The topological polar surface area (TPSA) is 66.4 Å². The summed E-state index contributed by atoms with van der Waals surface area (Å²) in [6.45, 7) is 5.59. The molecule has 6 nitrogen and oxygen atoms in total. The largest absolute Gasteiger partial charge is 0.338 e. The third kappa shape index (κ3) is 4.02. The summed E-state index contributed by atoms with van der Waals surface area (Å²) in [6.07, 6.45) is 5.58. The van der Waals surface area contributed by atoms with Crippen LogP contribution in [0.4, 0.5) is 0 Å². The number of hydrogen-bond acceptors (Lipinski definition) is 4. The average Bonchev–Trinajstić information content (AvgIpc) is 2.78. The van der Waals surface area contributed by atoms with Gasteiger partial charge in [0.2, 0.25) is 11.8 Å². The summed E-state index contributed by atoms with van der Waals surface area (Å²) < 4.78 is 0. The molecule has 3 heterocycles. The molecule has 29 heavy (non-hydrogen) atoms. The van der Waals surface area contributed by atoms with Gasteiger partial charge in [0.15, 0.2) is 5.82 Å². The molecule has 2 aliphatic rings. The summed E-state index contributed by atoms with van der Waals surface area (Å²) in [5, 5.41) is 0. The smallest absolute Gasteiger partial charge is 0.230 e. The summed E-state index contributed by atoms with van der Waals surface area (Å²) in [6, 6.07) is 9.88. The van der Waals surface area contributed by atoms with Gasteiger partial charge in [-0.1, -0.05) is 30.3 Å². The molecule has 152 valence electrons. The van der Waals surface area contributed by atoms with Crippen molar-refractivity contribution >= 4 is 11.8 Å². The monoisotopic (exact) mass is 392 g/mol. The first-order valence-electron chi connectivity index (χ1n) is 10.5. The van der Waals surface area contributed by atoms with E-state index in [2.05, 4.69) is 4.98 Å². The van der Waals surface area contributed by atoms with Gasteiger partial charge in [0.25, 0.3) is 0 Å². The van der Waals surface area contributed by atoms with Gasteiger partial charge in [-0.2, -0.15) is 0 Å². The van der Waals surface area contributed by atoms with Crippen molar-refractivity contribution in [2.75, 3.05) is 13.1 Å². The van der Waals surface area contributed by atoms with E-state index in [4.69, 9.17) is 4.98 Å². The number of fused-ring (bicyclic) bond motifs is 1. The first kappa shape index (κ1) is 19.6. The third-order valence-electron chi connectivity index (χ3n) is 6.15. The summed E-state index contributed by atoms with van der Waals surface area (Å²) in [7, 11) is 0. The average molecular weight is 393 g/mol. The van der Waals surface area contributed by atoms with Crippen molar-refractivity contribution in [2.45, 2.75) is 58.0 Å². The Bertz CT molecular complexity index is 899. The normalized spacial score (nSPS) is 20.1. The van der Waals surface area contributed by atoms with Crippen LogP contribution in [0.1, 0.15) is 67.7 Å². The number of hydrogen-bond donors (Lipinski definition) is 0. The Kier molecular flexibility index (Phi) is 5.60. The second kappa shape index (κ2) is 8.31. The van der Waals surface area contributed by atoms with Gasteiger partial charge in [-0.25, -0.2) is 9.97 Å². The second-order valence-corrected chi connectivity index (χ2v) is 8.07. The Labute approximate surface area is 172 Å². The van der Waals surface area contributed by atoms with Crippen LogP contribution in [-0.2, 0) is 22.6 Å². The molecule has 0 saturated carbocycles. The molecule has 1 aromatic heterocycles. The van der Waals surface area contributed by atoms with Crippen LogP contribution in [0.3, 0.4) is 0 Å². The van der Waals surface area contributed by atoms with E-state index in [1.165, 1.54) is 0 Å². The minimum Gasteiger partial charge on any atom is -0.338 e. The Hall–Kier alpha value is -2.76. The molecule has 2 amide bonds. The molecule has 0 bridgehead atoms. The van der Waals surface area contributed by atoms with Crippen molar-refractivity contribution in [3.05, 3.63) is 59.2 Å². The highest BCUT2D eigenvalue weighted by Crippen LogP contribution is 2.32. The molecule has 2 atom stereocenters. The predicted octanol–water partition coefficient (Wildman–Crippen LogP) is 3.24. The lowest BCUT2D eigenvalue weighted by molar-refractivity contribution is -0.136. The molecule has 0 spiro atoms. The van der Waals surface area contributed by atoms with Crippen LogP contribution in [0, 0.1) is 0 Å². The van der Waals surface area contributed by atoms with Crippen LogP contribution >= 0.6 is 0 Å². The maximum Gasteiger partial charge on any atom is 0.230 e. The van der Waals surface area contributed by atoms with Gasteiger partial charge in [-0.3, -0.25) is 9.59 Å². The highest BCUT2D eigenvalue weighted by Gasteiger charge is 2.33. The van der Waals surface area contributed by atoms with Gasteiger partial charge in [0.1, 0.15) is 0 Å². The molecule has 1 aromatic carbocycles. The number of likely N-dealkylation sites (tertiary alicyclic amines) is 1. The number of aromatic nitrogens is 2. The number of nitrogens with zero attached hydrogens (tertiary/aromatic N) is 4. The highest BCUT2D eigenvalue weighted by molar-refractivity contribution is 5.83. The first-order valence-corrected chi connectivity index (χ1v) is 10.5. The molecule has 1 fully saturated rings. The molecule has 0 radical (unpaired) electrons. The zero-order valence-corrected chi connectivity index (χ0v) is 17.2. The molecule has 0 aliphatic carbocycles. The van der Waals surface area contributed by atoms with Crippen molar-refractivity contribution < 1.29 is 9.59 Å². The number of piperidine rings is 1. The Morgan fingerprint density at radius 1 is 1.14 bits per heavy atom. The van der Waals surface area contributed by atoms with Crippen molar-refractivity contribution in [1.82, 2.24) is 19.8 Å². The van der Waals surface area contributed by atoms with Crippen LogP contribution in [0.15, 0.2) is 36.5 Å². The second-order valence-electron chi connectivity index (χ2n) is 8.07. The summed E-state index contributed by atoms with van der Waals surface area (Å²) in [5.41, 5.74) is 3.07. The summed E-state index contributed by atoms with van der Waals surface area (Å²) in [5.74, 6) is 0.788. The van der Waals surface area contributed by atoms with Gasteiger partial charge >= 0.3 is 0 Å². The van der Waals surface area contributed by atoms with E-state index in [1.54, 1.807) is 6.92 Å².